The van der Waals surface area contributed by atoms with Gasteiger partial charge in [-0.05, 0) is 45.8 Å². The molecule has 3 heteroatoms. The molecule has 5 rings (SSSR count). The Hall–Kier alpha value is -3.59. The molecule has 0 atom stereocenters. The largest absolute Gasteiger partial charge is 0.497 e. The molecule has 0 N–H and O–H groups in total. The number of ether oxygens (including phenoxy) is 1. The molecular weight excluding hydrogens is 336 g/mol. The van der Waals surface area contributed by atoms with E-state index in [0.717, 1.165) is 38.2 Å². The lowest BCUT2D eigenvalue weighted by atomic mass is 9.94. The third-order valence-corrected chi connectivity index (χ3v) is 5.01. The molecule has 5 aromatic rings. The summed E-state index contributed by atoms with van der Waals surface area (Å²) < 4.78 is 11.1. The van der Waals surface area contributed by atoms with Gasteiger partial charge in [-0.25, -0.2) is 4.79 Å². The second-order valence-electron chi connectivity index (χ2n) is 6.51. The zero-order valence-corrected chi connectivity index (χ0v) is 14.7. The first-order valence-electron chi connectivity index (χ1n) is 8.78. The average Bonchev–Trinajstić information content (AvgIpc) is 2.74. The quantitative estimate of drug-likeness (QED) is 0.378. The standard InChI is InChI=1S/C24H16O3/c1-26-16-11-12-19-20(13-16)17-9-5-6-10-18(17)21-14-22(27-24(25)23(19)21)15-7-3-2-4-8-15/h2-14H,1H3. The van der Waals surface area contributed by atoms with E-state index in [2.05, 4.69) is 6.07 Å². The van der Waals surface area contributed by atoms with Gasteiger partial charge < -0.3 is 9.15 Å². The highest BCUT2D eigenvalue weighted by molar-refractivity contribution is 6.25. The van der Waals surface area contributed by atoms with Crippen molar-refractivity contribution in [3.63, 3.8) is 0 Å². The normalized spacial score (nSPS) is 11.3. The van der Waals surface area contributed by atoms with E-state index >= 15 is 0 Å². The summed E-state index contributed by atoms with van der Waals surface area (Å²) in [5.41, 5.74) is 0.558. The Morgan fingerprint density at radius 3 is 2.15 bits per heavy atom. The van der Waals surface area contributed by atoms with Crippen molar-refractivity contribution in [2.75, 3.05) is 7.11 Å². The molecule has 0 aliphatic heterocycles. The maximum Gasteiger partial charge on any atom is 0.344 e. The smallest absolute Gasteiger partial charge is 0.344 e. The van der Waals surface area contributed by atoms with Crippen LogP contribution >= 0.6 is 0 Å². The maximum absolute atomic E-state index is 13.0. The van der Waals surface area contributed by atoms with Gasteiger partial charge >= 0.3 is 5.63 Å². The maximum atomic E-state index is 13.0. The number of fused-ring (bicyclic) bond motifs is 6. The molecular formula is C24H16O3. The number of rotatable bonds is 2. The molecule has 0 unspecified atom stereocenters. The predicted molar refractivity (Wildman–Crippen MR) is 109 cm³/mol. The van der Waals surface area contributed by atoms with Crippen LogP contribution in [0.5, 0.6) is 5.75 Å². The highest BCUT2D eigenvalue weighted by Crippen LogP contribution is 2.36. The summed E-state index contributed by atoms with van der Waals surface area (Å²) in [7, 11) is 1.64. The summed E-state index contributed by atoms with van der Waals surface area (Å²) >= 11 is 0. The van der Waals surface area contributed by atoms with E-state index in [1.807, 2.05) is 72.8 Å². The molecule has 0 radical (unpaired) electrons. The van der Waals surface area contributed by atoms with Gasteiger partial charge in [-0.3, -0.25) is 0 Å². The van der Waals surface area contributed by atoms with Crippen LogP contribution in [0.25, 0.3) is 43.6 Å². The molecule has 130 valence electrons. The van der Waals surface area contributed by atoms with Gasteiger partial charge in [0.25, 0.3) is 0 Å². The number of methoxy groups -OCH3 is 1. The van der Waals surface area contributed by atoms with Crippen molar-refractivity contribution in [3.8, 4) is 17.1 Å². The Bertz CT molecular complexity index is 1370. The summed E-state index contributed by atoms with van der Waals surface area (Å²) in [6.45, 7) is 0. The van der Waals surface area contributed by atoms with Gasteiger partial charge in [0.1, 0.15) is 11.5 Å². The molecule has 0 bridgehead atoms. The van der Waals surface area contributed by atoms with Crippen molar-refractivity contribution in [1.29, 1.82) is 0 Å². The zero-order chi connectivity index (χ0) is 18.4. The minimum atomic E-state index is -0.327. The minimum Gasteiger partial charge on any atom is -0.497 e. The first kappa shape index (κ1) is 15.6. The van der Waals surface area contributed by atoms with Crippen molar-refractivity contribution >= 4 is 32.3 Å². The number of benzene rings is 4. The van der Waals surface area contributed by atoms with E-state index in [0.29, 0.717) is 11.1 Å². The first-order valence-corrected chi connectivity index (χ1v) is 8.78. The monoisotopic (exact) mass is 352 g/mol. The van der Waals surface area contributed by atoms with Gasteiger partial charge in [-0.1, -0.05) is 54.6 Å². The van der Waals surface area contributed by atoms with Crippen molar-refractivity contribution in [1.82, 2.24) is 0 Å². The predicted octanol–water partition coefficient (Wildman–Crippen LogP) is 5.78. The first-order chi connectivity index (χ1) is 13.3. The lowest BCUT2D eigenvalue weighted by Crippen LogP contribution is -2.02. The number of hydrogen-bond acceptors (Lipinski definition) is 3. The van der Waals surface area contributed by atoms with Crippen LogP contribution in [0.4, 0.5) is 0 Å². The minimum absolute atomic E-state index is 0.327. The number of hydrogen-bond donors (Lipinski definition) is 0. The van der Waals surface area contributed by atoms with Gasteiger partial charge in [-0.15, -0.1) is 0 Å². The van der Waals surface area contributed by atoms with Gasteiger partial charge in [0.15, 0.2) is 0 Å². The highest BCUT2D eigenvalue weighted by Gasteiger charge is 2.15. The van der Waals surface area contributed by atoms with Crippen LogP contribution in [-0.2, 0) is 0 Å². The summed E-state index contributed by atoms with van der Waals surface area (Å²) in [6, 6.07) is 25.6. The molecule has 0 aliphatic carbocycles. The molecule has 3 nitrogen and oxygen atoms in total. The third kappa shape index (κ3) is 2.40. The Kier molecular flexibility index (Phi) is 3.47. The second kappa shape index (κ2) is 5.99. The average molecular weight is 352 g/mol. The fourth-order valence-electron chi connectivity index (χ4n) is 3.75. The Balaban J connectivity index is 2.00. The molecule has 0 spiro atoms. The van der Waals surface area contributed by atoms with E-state index in [1.165, 1.54) is 0 Å². The van der Waals surface area contributed by atoms with E-state index in [-0.39, 0.29) is 5.63 Å². The van der Waals surface area contributed by atoms with Crippen LogP contribution < -0.4 is 10.4 Å². The van der Waals surface area contributed by atoms with Crippen LogP contribution in [0.3, 0.4) is 0 Å². The molecule has 0 fully saturated rings. The van der Waals surface area contributed by atoms with E-state index in [9.17, 15) is 4.79 Å². The molecule has 0 saturated carbocycles. The van der Waals surface area contributed by atoms with E-state index in [4.69, 9.17) is 9.15 Å². The van der Waals surface area contributed by atoms with Crippen LogP contribution in [0.2, 0.25) is 0 Å². The summed E-state index contributed by atoms with van der Waals surface area (Å²) in [5.74, 6) is 1.34. The van der Waals surface area contributed by atoms with Crippen LogP contribution in [-0.4, -0.2) is 7.11 Å². The Morgan fingerprint density at radius 1 is 0.704 bits per heavy atom. The van der Waals surface area contributed by atoms with Gasteiger partial charge in [0.05, 0.1) is 12.5 Å². The van der Waals surface area contributed by atoms with Crippen molar-refractivity contribution in [2.24, 2.45) is 0 Å². The lowest BCUT2D eigenvalue weighted by Gasteiger charge is -2.11. The lowest BCUT2D eigenvalue weighted by molar-refractivity contribution is 0.415. The second-order valence-corrected chi connectivity index (χ2v) is 6.51. The topological polar surface area (TPSA) is 39.4 Å². The van der Waals surface area contributed by atoms with Crippen LogP contribution in [0, 0.1) is 0 Å². The fraction of sp³-hybridized carbons (Fsp3) is 0.0417. The molecule has 4 aromatic carbocycles. The summed E-state index contributed by atoms with van der Waals surface area (Å²) in [5, 5.41) is 5.47. The highest BCUT2D eigenvalue weighted by atomic mass is 16.5. The van der Waals surface area contributed by atoms with Crippen LogP contribution in [0.15, 0.2) is 88.1 Å². The van der Waals surface area contributed by atoms with Crippen LogP contribution in [0.1, 0.15) is 0 Å². The van der Waals surface area contributed by atoms with Crippen molar-refractivity contribution in [2.45, 2.75) is 0 Å². The summed E-state index contributed by atoms with van der Waals surface area (Å²) in [4.78, 5) is 13.0. The Morgan fingerprint density at radius 2 is 1.41 bits per heavy atom. The molecule has 27 heavy (non-hydrogen) atoms. The van der Waals surface area contributed by atoms with Gasteiger partial charge in [0, 0.05) is 10.9 Å². The van der Waals surface area contributed by atoms with E-state index in [1.54, 1.807) is 7.11 Å². The fourth-order valence-corrected chi connectivity index (χ4v) is 3.75. The molecule has 1 aromatic heterocycles. The third-order valence-electron chi connectivity index (χ3n) is 5.01. The molecule has 0 aliphatic rings. The van der Waals surface area contributed by atoms with Gasteiger partial charge in [0.2, 0.25) is 0 Å². The van der Waals surface area contributed by atoms with Crippen molar-refractivity contribution < 1.29 is 9.15 Å². The molecule has 0 saturated heterocycles. The summed E-state index contributed by atoms with van der Waals surface area (Å²) in [6.07, 6.45) is 0. The molecule has 1 heterocycles. The SMILES string of the molecule is COc1ccc2c(c1)c1ccccc1c1cc(-c3ccccc3)oc(=O)c21. The van der Waals surface area contributed by atoms with Gasteiger partial charge in [-0.2, -0.15) is 0 Å². The zero-order valence-electron chi connectivity index (χ0n) is 14.7. The molecule has 0 amide bonds. The Labute approximate surface area is 155 Å². The van der Waals surface area contributed by atoms with Crippen molar-refractivity contribution in [3.05, 3.63) is 89.3 Å². The van der Waals surface area contributed by atoms with E-state index < -0.39 is 0 Å².